The SMILES string of the molecule is CCCCCCc1c(N)ccc2c1nc(C(F)(F)F)n2C. The third-order valence-electron chi connectivity index (χ3n) is 3.73. The number of nitrogens with zero attached hydrogens (tertiary/aromatic N) is 2. The Hall–Kier alpha value is -1.72. The molecule has 0 spiro atoms. The Labute approximate surface area is 122 Å². The number of fused-ring (bicyclic) bond motifs is 1. The highest BCUT2D eigenvalue weighted by molar-refractivity contribution is 5.84. The van der Waals surface area contributed by atoms with Crippen molar-refractivity contribution in [3.8, 4) is 0 Å². The fourth-order valence-corrected chi connectivity index (χ4v) is 2.57. The fourth-order valence-electron chi connectivity index (χ4n) is 2.57. The number of imidazole rings is 1. The van der Waals surface area contributed by atoms with Crippen molar-refractivity contribution in [1.82, 2.24) is 9.55 Å². The number of benzene rings is 1. The van der Waals surface area contributed by atoms with E-state index in [2.05, 4.69) is 11.9 Å². The van der Waals surface area contributed by atoms with Crippen LogP contribution >= 0.6 is 0 Å². The van der Waals surface area contributed by atoms with Gasteiger partial charge in [-0.1, -0.05) is 26.2 Å². The van der Waals surface area contributed by atoms with E-state index in [1.54, 1.807) is 12.1 Å². The van der Waals surface area contributed by atoms with Crippen molar-refractivity contribution in [2.75, 3.05) is 5.73 Å². The zero-order valence-corrected chi connectivity index (χ0v) is 12.3. The van der Waals surface area contributed by atoms with Crippen LogP contribution < -0.4 is 5.73 Å². The normalized spacial score (nSPS) is 12.2. The molecule has 0 aliphatic rings. The first kappa shape index (κ1) is 15.7. The van der Waals surface area contributed by atoms with Crippen molar-refractivity contribution in [2.24, 2.45) is 7.05 Å². The first-order chi connectivity index (χ1) is 9.86. The average Bonchev–Trinajstić information content (AvgIpc) is 2.74. The van der Waals surface area contributed by atoms with Gasteiger partial charge in [0.15, 0.2) is 0 Å². The van der Waals surface area contributed by atoms with E-state index in [0.29, 0.717) is 23.1 Å². The molecule has 0 aliphatic heterocycles. The lowest BCUT2D eigenvalue weighted by molar-refractivity contribution is -0.146. The number of nitrogens with two attached hydrogens (primary N) is 1. The molecule has 2 aromatic rings. The van der Waals surface area contributed by atoms with E-state index < -0.39 is 12.0 Å². The van der Waals surface area contributed by atoms with Gasteiger partial charge in [0.2, 0.25) is 5.82 Å². The van der Waals surface area contributed by atoms with Gasteiger partial charge in [0, 0.05) is 18.3 Å². The topological polar surface area (TPSA) is 43.8 Å². The first-order valence-electron chi connectivity index (χ1n) is 7.17. The molecular weight excluding hydrogens is 279 g/mol. The van der Waals surface area contributed by atoms with Gasteiger partial charge in [-0.25, -0.2) is 4.98 Å². The summed E-state index contributed by atoms with van der Waals surface area (Å²) in [5.74, 6) is -0.877. The van der Waals surface area contributed by atoms with Gasteiger partial charge >= 0.3 is 6.18 Å². The molecule has 2 rings (SSSR count). The van der Waals surface area contributed by atoms with E-state index in [1.165, 1.54) is 7.05 Å². The summed E-state index contributed by atoms with van der Waals surface area (Å²) in [4.78, 5) is 3.80. The molecule has 0 unspecified atom stereocenters. The molecule has 116 valence electrons. The standard InChI is InChI=1S/C15H20F3N3/c1-3-4-5-6-7-10-11(19)8-9-12-13(10)20-14(21(12)2)15(16,17)18/h8-9H,3-7,19H2,1-2H3. The summed E-state index contributed by atoms with van der Waals surface area (Å²) in [6, 6.07) is 3.27. The highest BCUT2D eigenvalue weighted by Gasteiger charge is 2.37. The summed E-state index contributed by atoms with van der Waals surface area (Å²) in [5, 5.41) is 0. The average molecular weight is 299 g/mol. The van der Waals surface area contributed by atoms with Crippen molar-refractivity contribution >= 4 is 16.7 Å². The molecule has 3 nitrogen and oxygen atoms in total. The van der Waals surface area contributed by atoms with Crippen LogP contribution in [0, 0.1) is 0 Å². The van der Waals surface area contributed by atoms with Gasteiger partial charge in [0.25, 0.3) is 0 Å². The molecule has 1 heterocycles. The van der Waals surface area contributed by atoms with Gasteiger partial charge < -0.3 is 10.3 Å². The Morgan fingerprint density at radius 1 is 1.19 bits per heavy atom. The number of rotatable bonds is 5. The zero-order valence-electron chi connectivity index (χ0n) is 12.3. The number of nitrogen functional groups attached to an aromatic ring is 1. The summed E-state index contributed by atoms with van der Waals surface area (Å²) < 4.78 is 40.0. The number of halogens is 3. The summed E-state index contributed by atoms with van der Waals surface area (Å²) >= 11 is 0. The second-order valence-electron chi connectivity index (χ2n) is 5.30. The van der Waals surface area contributed by atoms with Gasteiger partial charge in [-0.3, -0.25) is 0 Å². The second kappa shape index (κ2) is 5.95. The monoisotopic (exact) mass is 299 g/mol. The molecule has 0 fully saturated rings. The van der Waals surface area contributed by atoms with Crippen LogP contribution in [-0.4, -0.2) is 9.55 Å². The van der Waals surface area contributed by atoms with Crippen LogP contribution in [0.4, 0.5) is 18.9 Å². The second-order valence-corrected chi connectivity index (χ2v) is 5.30. The Morgan fingerprint density at radius 3 is 2.52 bits per heavy atom. The molecule has 21 heavy (non-hydrogen) atoms. The molecule has 1 aromatic carbocycles. The number of aryl methyl sites for hydroxylation is 2. The maximum atomic E-state index is 13.0. The Balaban J connectivity index is 2.42. The van der Waals surface area contributed by atoms with E-state index in [-0.39, 0.29) is 0 Å². The fraction of sp³-hybridized carbons (Fsp3) is 0.533. The van der Waals surface area contributed by atoms with E-state index in [1.807, 2.05) is 0 Å². The van der Waals surface area contributed by atoms with E-state index >= 15 is 0 Å². The molecule has 0 saturated heterocycles. The number of unbranched alkanes of at least 4 members (excludes halogenated alkanes) is 3. The highest BCUT2D eigenvalue weighted by atomic mass is 19.4. The molecule has 1 aromatic heterocycles. The number of aromatic nitrogens is 2. The summed E-state index contributed by atoms with van der Waals surface area (Å²) in [5.41, 5.74) is 8.04. The molecule has 0 saturated carbocycles. The van der Waals surface area contributed by atoms with Crippen molar-refractivity contribution in [3.05, 3.63) is 23.5 Å². The van der Waals surface area contributed by atoms with E-state index in [9.17, 15) is 13.2 Å². The van der Waals surface area contributed by atoms with Crippen LogP contribution in [0.1, 0.15) is 44.0 Å². The van der Waals surface area contributed by atoms with Crippen LogP contribution in [0.15, 0.2) is 12.1 Å². The Bertz CT molecular complexity index is 629. The maximum Gasteiger partial charge on any atom is 0.449 e. The number of anilines is 1. The minimum atomic E-state index is -4.46. The summed E-state index contributed by atoms with van der Waals surface area (Å²) in [6.07, 6.45) is 0.396. The third-order valence-corrected chi connectivity index (χ3v) is 3.73. The van der Waals surface area contributed by atoms with Crippen LogP contribution in [0.5, 0.6) is 0 Å². The van der Waals surface area contributed by atoms with Crippen LogP contribution in [0.3, 0.4) is 0 Å². The molecule has 2 N–H and O–H groups in total. The van der Waals surface area contributed by atoms with Crippen LogP contribution in [-0.2, 0) is 19.6 Å². The quantitative estimate of drug-likeness (QED) is 0.661. The molecular formula is C15H20F3N3. The molecule has 6 heteroatoms. The van der Waals surface area contributed by atoms with Crippen LogP contribution in [0.25, 0.3) is 11.0 Å². The summed E-state index contributed by atoms with van der Waals surface area (Å²) in [6.45, 7) is 2.11. The Morgan fingerprint density at radius 2 is 1.90 bits per heavy atom. The lowest BCUT2D eigenvalue weighted by Gasteiger charge is -2.07. The Kier molecular flexibility index (Phi) is 4.44. The lowest BCUT2D eigenvalue weighted by atomic mass is 10.0. The van der Waals surface area contributed by atoms with Crippen molar-refractivity contribution in [2.45, 2.75) is 45.2 Å². The summed E-state index contributed by atoms with van der Waals surface area (Å²) in [7, 11) is 1.38. The van der Waals surface area contributed by atoms with Gasteiger partial charge in [0.05, 0.1) is 11.0 Å². The first-order valence-corrected chi connectivity index (χ1v) is 7.17. The predicted molar refractivity (Wildman–Crippen MR) is 78.0 cm³/mol. The minimum absolute atomic E-state index is 0.376. The van der Waals surface area contributed by atoms with Gasteiger partial charge in [0.1, 0.15) is 0 Å². The van der Waals surface area contributed by atoms with Gasteiger partial charge in [-0.05, 0) is 25.0 Å². The van der Waals surface area contributed by atoms with Crippen molar-refractivity contribution in [1.29, 1.82) is 0 Å². The predicted octanol–water partition coefficient (Wildman–Crippen LogP) is 4.30. The largest absolute Gasteiger partial charge is 0.449 e. The van der Waals surface area contributed by atoms with E-state index in [4.69, 9.17) is 5.73 Å². The van der Waals surface area contributed by atoms with E-state index in [0.717, 1.165) is 35.8 Å². The number of hydrogen-bond acceptors (Lipinski definition) is 2. The highest BCUT2D eigenvalue weighted by Crippen LogP contribution is 2.33. The molecule has 0 radical (unpaired) electrons. The number of hydrogen-bond donors (Lipinski definition) is 1. The molecule has 0 amide bonds. The van der Waals surface area contributed by atoms with Crippen LogP contribution in [0.2, 0.25) is 0 Å². The third kappa shape index (κ3) is 3.14. The van der Waals surface area contributed by atoms with Gasteiger partial charge in [-0.2, -0.15) is 13.2 Å². The van der Waals surface area contributed by atoms with Gasteiger partial charge in [-0.15, -0.1) is 0 Å². The van der Waals surface area contributed by atoms with Crippen molar-refractivity contribution < 1.29 is 13.2 Å². The molecule has 0 atom stereocenters. The lowest BCUT2D eigenvalue weighted by Crippen LogP contribution is -2.12. The smallest absolute Gasteiger partial charge is 0.398 e. The molecule has 0 aliphatic carbocycles. The van der Waals surface area contributed by atoms with Crippen molar-refractivity contribution in [3.63, 3.8) is 0 Å². The minimum Gasteiger partial charge on any atom is -0.398 e. The zero-order chi connectivity index (χ0) is 15.6. The molecule has 0 bridgehead atoms. The number of alkyl halides is 3. The maximum absolute atomic E-state index is 13.0.